The zero-order chi connectivity index (χ0) is 24.3. The van der Waals surface area contributed by atoms with Crippen molar-refractivity contribution in [3.63, 3.8) is 0 Å². The van der Waals surface area contributed by atoms with Gasteiger partial charge in [-0.25, -0.2) is 0 Å². The first kappa shape index (κ1) is 23.5. The molecule has 2 amide bonds. The Morgan fingerprint density at radius 1 is 1.24 bits per heavy atom. The van der Waals surface area contributed by atoms with Gasteiger partial charge in [0.25, 0.3) is 5.91 Å². The van der Waals surface area contributed by atoms with E-state index in [1.54, 1.807) is 4.90 Å². The molecule has 2 bridgehead atoms. The van der Waals surface area contributed by atoms with E-state index in [-0.39, 0.29) is 17.7 Å². The highest BCUT2D eigenvalue weighted by atomic mass is 16.6. The molecule has 33 heavy (non-hydrogen) atoms. The molecule has 3 heterocycles. The Morgan fingerprint density at radius 3 is 2.55 bits per heavy atom. The van der Waals surface area contributed by atoms with Crippen molar-refractivity contribution in [2.24, 2.45) is 17.8 Å². The van der Waals surface area contributed by atoms with E-state index >= 15 is 0 Å². The molecule has 0 aliphatic carbocycles. The molecule has 1 aromatic carbocycles. The van der Waals surface area contributed by atoms with Crippen molar-refractivity contribution >= 4 is 23.5 Å². The topological polar surface area (TPSA) is 84.9 Å². The third-order valence-electron chi connectivity index (χ3n) is 6.62. The molecule has 4 rings (SSSR count). The summed E-state index contributed by atoms with van der Waals surface area (Å²) in [5.74, 6) is -2.70. The van der Waals surface area contributed by atoms with Gasteiger partial charge in [-0.1, -0.05) is 43.7 Å². The number of ether oxygens (including phenoxy) is 2. The predicted molar refractivity (Wildman–Crippen MR) is 125 cm³/mol. The maximum Gasteiger partial charge on any atom is 0.313 e. The van der Waals surface area contributed by atoms with Crippen LogP contribution in [0.5, 0.6) is 0 Å². The minimum absolute atomic E-state index is 0.143. The van der Waals surface area contributed by atoms with E-state index in [2.05, 4.69) is 5.32 Å². The van der Waals surface area contributed by atoms with E-state index < -0.39 is 41.2 Å². The monoisotopic (exact) mass is 454 g/mol. The molecule has 2 fully saturated rings. The Hall–Kier alpha value is -2.67. The first-order valence-electron chi connectivity index (χ1n) is 11.6. The summed E-state index contributed by atoms with van der Waals surface area (Å²) >= 11 is 0. The molecular weight excluding hydrogens is 420 g/mol. The normalized spacial score (nSPS) is 28.9. The molecule has 2 saturated heterocycles. The Morgan fingerprint density at radius 2 is 1.94 bits per heavy atom. The number of carbonyl (C=O) groups is 3. The van der Waals surface area contributed by atoms with Crippen molar-refractivity contribution in [1.82, 2.24) is 5.32 Å². The summed E-state index contributed by atoms with van der Waals surface area (Å²) in [7, 11) is 0. The van der Waals surface area contributed by atoms with Crippen molar-refractivity contribution in [2.75, 3.05) is 11.4 Å². The molecule has 0 saturated carbocycles. The molecule has 0 unspecified atom stereocenters. The molecule has 0 aromatic heterocycles. The number of aryl methyl sites for hydroxylation is 2. The van der Waals surface area contributed by atoms with Crippen LogP contribution in [0.4, 0.5) is 5.69 Å². The van der Waals surface area contributed by atoms with E-state index in [4.69, 9.17) is 9.47 Å². The van der Waals surface area contributed by atoms with Gasteiger partial charge < -0.3 is 19.7 Å². The van der Waals surface area contributed by atoms with Crippen LogP contribution in [0.3, 0.4) is 0 Å². The van der Waals surface area contributed by atoms with E-state index in [1.165, 1.54) is 0 Å². The van der Waals surface area contributed by atoms with Gasteiger partial charge >= 0.3 is 5.97 Å². The van der Waals surface area contributed by atoms with Gasteiger partial charge in [-0.05, 0) is 52.2 Å². The number of carbonyl (C=O) groups excluding carboxylic acids is 3. The first-order valence-corrected chi connectivity index (χ1v) is 11.6. The van der Waals surface area contributed by atoms with Crippen LogP contribution < -0.4 is 10.2 Å². The van der Waals surface area contributed by atoms with Gasteiger partial charge in [0.2, 0.25) is 5.91 Å². The summed E-state index contributed by atoms with van der Waals surface area (Å²) in [4.78, 5) is 41.5. The highest BCUT2D eigenvalue weighted by Crippen LogP contribution is 2.53. The number of nitrogens with zero attached hydrogens (tertiary/aromatic N) is 1. The van der Waals surface area contributed by atoms with Gasteiger partial charge in [-0.3, -0.25) is 14.4 Å². The van der Waals surface area contributed by atoms with Crippen molar-refractivity contribution in [1.29, 1.82) is 0 Å². The van der Waals surface area contributed by atoms with Crippen LogP contribution in [-0.4, -0.2) is 47.7 Å². The Labute approximate surface area is 195 Å². The number of amides is 2. The summed E-state index contributed by atoms with van der Waals surface area (Å²) in [5, 5.41) is 2.89. The predicted octanol–water partition coefficient (Wildman–Crippen LogP) is 3.07. The number of nitrogens with one attached hydrogen (secondary N) is 1. The lowest BCUT2D eigenvalue weighted by atomic mass is 9.77. The van der Waals surface area contributed by atoms with Crippen LogP contribution in [0.2, 0.25) is 0 Å². The number of fused-ring (bicyclic) bond motifs is 1. The number of hydrogen-bond donors (Lipinski definition) is 1. The van der Waals surface area contributed by atoms with E-state index in [9.17, 15) is 14.4 Å². The second kappa shape index (κ2) is 7.97. The average Bonchev–Trinajstić information content (AvgIpc) is 3.32. The standard InChI is InChI=1S/C26H34N2O5/c1-14(2)21(22(29)27-25(5,6)7)32-24(31)19-18-10-11-26(33-18)13-28(23(30)20(19)26)17-9-8-15(3)12-16(17)4/h8-12,14,18-21H,13H2,1-7H3,(H,27,29)/t18-,19-,20+,21-,26+/m0/s1. The second-order valence-corrected chi connectivity index (χ2v) is 11.0. The first-order chi connectivity index (χ1) is 15.3. The number of esters is 1. The molecule has 0 radical (unpaired) electrons. The Kier molecular flexibility index (Phi) is 5.68. The summed E-state index contributed by atoms with van der Waals surface area (Å²) in [5.41, 5.74) is 1.65. The van der Waals surface area contributed by atoms with Gasteiger partial charge in [0.05, 0.1) is 18.6 Å². The highest BCUT2D eigenvalue weighted by Gasteiger charge is 2.67. The SMILES string of the molecule is Cc1ccc(N2C[C@@]34C=C[C@H](O3)[C@H](C(=O)O[C@H](C(=O)NC(C)(C)C)C(C)C)[C@@H]4C2=O)c(C)c1. The van der Waals surface area contributed by atoms with Gasteiger partial charge in [-0.15, -0.1) is 0 Å². The number of hydrogen-bond acceptors (Lipinski definition) is 5. The maximum absolute atomic E-state index is 13.6. The molecule has 3 aliphatic heterocycles. The van der Waals surface area contributed by atoms with E-state index in [1.807, 2.05) is 78.8 Å². The van der Waals surface area contributed by atoms with Crippen molar-refractivity contribution in [2.45, 2.75) is 71.8 Å². The van der Waals surface area contributed by atoms with Gasteiger partial charge in [0, 0.05) is 11.2 Å². The zero-order valence-electron chi connectivity index (χ0n) is 20.5. The van der Waals surface area contributed by atoms with Crippen molar-refractivity contribution in [3.8, 4) is 0 Å². The zero-order valence-corrected chi connectivity index (χ0v) is 20.5. The molecule has 3 aliphatic rings. The van der Waals surface area contributed by atoms with Crippen LogP contribution in [0, 0.1) is 31.6 Å². The van der Waals surface area contributed by atoms with Crippen LogP contribution in [0.25, 0.3) is 0 Å². The van der Waals surface area contributed by atoms with Gasteiger partial charge in [0.1, 0.15) is 11.5 Å². The van der Waals surface area contributed by atoms with Crippen LogP contribution in [0.15, 0.2) is 30.4 Å². The fourth-order valence-electron chi connectivity index (χ4n) is 5.22. The number of anilines is 1. The molecule has 178 valence electrons. The van der Waals surface area contributed by atoms with Crippen molar-refractivity contribution in [3.05, 3.63) is 41.5 Å². The summed E-state index contributed by atoms with van der Waals surface area (Å²) in [6.07, 6.45) is 2.30. The third-order valence-corrected chi connectivity index (χ3v) is 6.62. The number of rotatable bonds is 5. The van der Waals surface area contributed by atoms with Crippen LogP contribution in [0.1, 0.15) is 45.7 Å². The molecule has 7 nitrogen and oxygen atoms in total. The van der Waals surface area contributed by atoms with Gasteiger partial charge in [-0.2, -0.15) is 0 Å². The number of benzene rings is 1. The molecule has 1 aromatic rings. The van der Waals surface area contributed by atoms with Gasteiger partial charge in [0.15, 0.2) is 6.10 Å². The smallest absolute Gasteiger partial charge is 0.313 e. The maximum atomic E-state index is 13.6. The molecule has 1 spiro atoms. The quantitative estimate of drug-likeness (QED) is 0.546. The van der Waals surface area contributed by atoms with Crippen LogP contribution >= 0.6 is 0 Å². The summed E-state index contributed by atoms with van der Waals surface area (Å²) < 4.78 is 12.0. The fraction of sp³-hybridized carbons (Fsp3) is 0.577. The minimum Gasteiger partial charge on any atom is -0.452 e. The third kappa shape index (κ3) is 4.07. The molecule has 5 atom stereocenters. The van der Waals surface area contributed by atoms with E-state index in [0.29, 0.717) is 6.54 Å². The Bertz CT molecular complexity index is 1020. The molecular formula is C26H34N2O5. The van der Waals surface area contributed by atoms with Crippen LogP contribution in [-0.2, 0) is 23.9 Å². The highest BCUT2D eigenvalue weighted by molar-refractivity contribution is 6.03. The Balaban J connectivity index is 1.58. The lowest BCUT2D eigenvalue weighted by Gasteiger charge is -2.29. The molecule has 7 heteroatoms. The second-order valence-electron chi connectivity index (χ2n) is 11.0. The average molecular weight is 455 g/mol. The van der Waals surface area contributed by atoms with E-state index in [0.717, 1.165) is 16.8 Å². The lowest BCUT2D eigenvalue weighted by Crippen LogP contribution is -2.50. The largest absolute Gasteiger partial charge is 0.452 e. The minimum atomic E-state index is -0.942. The van der Waals surface area contributed by atoms with Crippen molar-refractivity contribution < 1.29 is 23.9 Å². The molecule has 1 N–H and O–H groups in total. The summed E-state index contributed by atoms with van der Waals surface area (Å²) in [6, 6.07) is 5.95. The summed E-state index contributed by atoms with van der Waals surface area (Å²) in [6.45, 7) is 13.6. The fourth-order valence-corrected chi connectivity index (χ4v) is 5.22. The lowest BCUT2D eigenvalue weighted by molar-refractivity contribution is -0.165.